The van der Waals surface area contributed by atoms with Gasteiger partial charge < -0.3 is 19.7 Å². The average molecular weight is 501 g/mol. The predicted octanol–water partition coefficient (Wildman–Crippen LogP) is 2.05. The number of halogens is 1. The Kier molecular flexibility index (Phi) is 7.07. The molecule has 0 amide bonds. The second-order valence-electron chi connectivity index (χ2n) is 9.26. The molecule has 3 heterocycles. The fraction of sp³-hybridized carbons (Fsp3) is 0.458. The summed E-state index contributed by atoms with van der Waals surface area (Å²) in [5, 5.41) is 27.0. The second-order valence-corrected chi connectivity index (χ2v) is 9.26. The molecule has 0 aliphatic carbocycles. The van der Waals surface area contributed by atoms with Crippen LogP contribution in [-0.2, 0) is 17.9 Å². The Labute approximate surface area is 206 Å². The molecule has 1 saturated heterocycles. The summed E-state index contributed by atoms with van der Waals surface area (Å²) < 4.78 is 18.1. The minimum absolute atomic E-state index is 0.0424. The number of aromatic nitrogens is 4. The van der Waals surface area contributed by atoms with E-state index in [0.29, 0.717) is 56.2 Å². The number of rotatable bonds is 8. The molecule has 0 bridgehead atoms. The van der Waals surface area contributed by atoms with Gasteiger partial charge in [-0.1, -0.05) is 19.1 Å². The predicted molar refractivity (Wildman–Crippen MR) is 130 cm³/mol. The molecule has 4 rings (SSSR count). The molecule has 3 aromatic rings. The van der Waals surface area contributed by atoms with Gasteiger partial charge in [-0.25, -0.2) is 18.7 Å². The lowest BCUT2D eigenvalue weighted by atomic mass is 10.1. The van der Waals surface area contributed by atoms with Gasteiger partial charge in [0.25, 0.3) is 0 Å². The van der Waals surface area contributed by atoms with E-state index in [4.69, 9.17) is 0 Å². The highest BCUT2D eigenvalue weighted by Gasteiger charge is 2.26. The molecule has 0 radical (unpaired) electrons. The van der Waals surface area contributed by atoms with Crippen molar-refractivity contribution in [3.63, 3.8) is 0 Å². The third kappa shape index (κ3) is 4.81. The fourth-order valence-electron chi connectivity index (χ4n) is 4.66. The summed E-state index contributed by atoms with van der Waals surface area (Å²) in [5.41, 5.74) is 0.423. The van der Waals surface area contributed by atoms with Crippen LogP contribution in [0.25, 0.3) is 10.9 Å². The first-order valence-electron chi connectivity index (χ1n) is 11.8. The summed E-state index contributed by atoms with van der Waals surface area (Å²) in [6.45, 7) is 8.68. The number of carboxylic acids is 2. The molecule has 1 fully saturated rings. The van der Waals surface area contributed by atoms with Crippen LogP contribution in [0.1, 0.15) is 42.9 Å². The van der Waals surface area contributed by atoms with Gasteiger partial charge in [-0.05, 0) is 25.0 Å². The molecule has 1 aromatic carbocycles. The van der Waals surface area contributed by atoms with Crippen LogP contribution in [0.15, 0.2) is 29.3 Å². The number of aliphatic carboxylic acids is 1. The lowest BCUT2D eigenvalue weighted by Gasteiger charge is -2.36. The smallest absolute Gasteiger partial charge is 0.341 e. The zero-order chi connectivity index (χ0) is 26.1. The van der Waals surface area contributed by atoms with E-state index >= 15 is 4.39 Å². The Bertz CT molecular complexity index is 1360. The van der Waals surface area contributed by atoms with Gasteiger partial charge in [-0.3, -0.25) is 9.69 Å². The molecular formula is C24H29FN6O5. The van der Waals surface area contributed by atoms with Crippen molar-refractivity contribution in [2.24, 2.45) is 5.92 Å². The van der Waals surface area contributed by atoms with Crippen molar-refractivity contribution in [3.05, 3.63) is 51.8 Å². The first kappa shape index (κ1) is 25.3. The van der Waals surface area contributed by atoms with Gasteiger partial charge >= 0.3 is 11.9 Å². The number of benzene rings is 1. The summed E-state index contributed by atoms with van der Waals surface area (Å²) in [7, 11) is 0. The first-order valence-corrected chi connectivity index (χ1v) is 11.8. The van der Waals surface area contributed by atoms with Crippen LogP contribution in [-0.4, -0.2) is 72.8 Å². The number of fused-ring (bicyclic) bond motifs is 1. The molecular weight excluding hydrogens is 471 g/mol. The van der Waals surface area contributed by atoms with Crippen LogP contribution in [0.3, 0.4) is 0 Å². The number of pyridine rings is 1. The summed E-state index contributed by atoms with van der Waals surface area (Å²) in [5.74, 6) is -3.01. The molecule has 0 spiro atoms. The SMILES string of the molecule is CCn1cc(C(=O)O)c(=O)c2cc(F)c(N3CCN(Cc4cn([C@H](C(=O)O)C(C)C)nn4)CC3)cc21. The summed E-state index contributed by atoms with van der Waals surface area (Å²) in [4.78, 5) is 39.6. The average Bonchev–Trinajstić information content (AvgIpc) is 3.26. The van der Waals surface area contributed by atoms with E-state index in [1.54, 1.807) is 16.8 Å². The van der Waals surface area contributed by atoms with Gasteiger partial charge in [0.15, 0.2) is 6.04 Å². The zero-order valence-corrected chi connectivity index (χ0v) is 20.4. The van der Waals surface area contributed by atoms with Crippen molar-refractivity contribution < 1.29 is 24.2 Å². The molecule has 2 aromatic heterocycles. The van der Waals surface area contributed by atoms with Gasteiger partial charge in [0.1, 0.15) is 11.4 Å². The van der Waals surface area contributed by atoms with Crippen molar-refractivity contribution in [2.45, 2.75) is 39.9 Å². The molecule has 1 aliphatic heterocycles. The Balaban J connectivity index is 1.50. The fourth-order valence-corrected chi connectivity index (χ4v) is 4.66. The normalized spacial score (nSPS) is 15.5. The molecule has 36 heavy (non-hydrogen) atoms. The van der Waals surface area contributed by atoms with E-state index < -0.39 is 29.2 Å². The third-order valence-electron chi connectivity index (χ3n) is 6.55. The Morgan fingerprint density at radius 1 is 1.11 bits per heavy atom. The lowest BCUT2D eigenvalue weighted by molar-refractivity contribution is -0.142. The van der Waals surface area contributed by atoms with Crippen molar-refractivity contribution in [1.29, 1.82) is 0 Å². The highest BCUT2D eigenvalue weighted by molar-refractivity contribution is 5.93. The van der Waals surface area contributed by atoms with Gasteiger partial charge in [0, 0.05) is 50.9 Å². The largest absolute Gasteiger partial charge is 0.480 e. The van der Waals surface area contributed by atoms with E-state index in [-0.39, 0.29) is 16.9 Å². The molecule has 0 unspecified atom stereocenters. The molecule has 12 heteroatoms. The number of aromatic carboxylic acids is 1. The van der Waals surface area contributed by atoms with E-state index in [2.05, 4.69) is 15.2 Å². The van der Waals surface area contributed by atoms with Gasteiger partial charge in [0.05, 0.1) is 23.1 Å². The van der Waals surface area contributed by atoms with Crippen molar-refractivity contribution in [3.8, 4) is 0 Å². The number of aryl methyl sites for hydroxylation is 1. The number of hydrogen-bond acceptors (Lipinski definition) is 7. The van der Waals surface area contributed by atoms with Crippen LogP contribution in [0.5, 0.6) is 0 Å². The Hall–Kier alpha value is -3.80. The van der Waals surface area contributed by atoms with Gasteiger partial charge in [-0.15, -0.1) is 5.10 Å². The molecule has 11 nitrogen and oxygen atoms in total. The van der Waals surface area contributed by atoms with Crippen molar-refractivity contribution >= 4 is 28.5 Å². The molecule has 1 atom stereocenters. The first-order chi connectivity index (χ1) is 17.1. The maximum absolute atomic E-state index is 15.1. The molecule has 1 aliphatic rings. The minimum Gasteiger partial charge on any atom is -0.480 e. The second kappa shape index (κ2) is 10.1. The monoisotopic (exact) mass is 500 g/mol. The van der Waals surface area contributed by atoms with Crippen LogP contribution < -0.4 is 10.3 Å². The van der Waals surface area contributed by atoms with E-state index in [9.17, 15) is 24.6 Å². The Morgan fingerprint density at radius 2 is 1.81 bits per heavy atom. The number of carboxylic acid groups (broad SMARTS) is 2. The lowest BCUT2D eigenvalue weighted by Crippen LogP contribution is -2.46. The number of nitrogens with zero attached hydrogens (tertiary/aromatic N) is 6. The topological polar surface area (TPSA) is 134 Å². The number of carbonyl (C=O) groups is 2. The Morgan fingerprint density at radius 3 is 2.39 bits per heavy atom. The quantitative estimate of drug-likeness (QED) is 0.477. The van der Waals surface area contributed by atoms with Crippen LogP contribution in [0.4, 0.5) is 10.1 Å². The number of anilines is 1. The summed E-state index contributed by atoms with van der Waals surface area (Å²) in [6, 6.07) is 1.95. The zero-order valence-electron chi connectivity index (χ0n) is 20.4. The maximum Gasteiger partial charge on any atom is 0.341 e. The summed E-state index contributed by atoms with van der Waals surface area (Å²) in [6.07, 6.45) is 2.96. The third-order valence-corrected chi connectivity index (χ3v) is 6.55. The summed E-state index contributed by atoms with van der Waals surface area (Å²) >= 11 is 0. The van der Waals surface area contributed by atoms with Crippen LogP contribution in [0.2, 0.25) is 0 Å². The van der Waals surface area contributed by atoms with Crippen LogP contribution in [0, 0.1) is 11.7 Å². The van der Waals surface area contributed by atoms with Gasteiger partial charge in [-0.2, -0.15) is 0 Å². The number of hydrogen-bond donors (Lipinski definition) is 2. The standard InChI is InChI=1S/C24H29FN6O5/c1-4-29-13-17(23(33)34)22(32)16-9-18(25)20(10-19(16)29)30-7-5-28(6-8-30)11-15-12-31(27-26-15)21(14(2)3)24(35)36/h9-10,12-14,21H,4-8,11H2,1-3H3,(H,33,34)(H,35,36)/t21-/m0/s1. The van der Waals surface area contributed by atoms with Crippen LogP contribution >= 0.6 is 0 Å². The molecule has 2 N–H and O–H groups in total. The van der Waals surface area contributed by atoms with Gasteiger partial charge in [0.2, 0.25) is 5.43 Å². The van der Waals surface area contributed by atoms with Crippen molar-refractivity contribution in [1.82, 2.24) is 24.5 Å². The number of piperazine rings is 1. The minimum atomic E-state index is -1.34. The maximum atomic E-state index is 15.1. The van der Waals surface area contributed by atoms with E-state index in [1.807, 2.05) is 25.7 Å². The molecule has 0 saturated carbocycles. The highest BCUT2D eigenvalue weighted by Crippen LogP contribution is 2.27. The van der Waals surface area contributed by atoms with E-state index in [1.165, 1.54) is 10.9 Å². The molecule has 192 valence electrons. The van der Waals surface area contributed by atoms with E-state index in [0.717, 1.165) is 6.07 Å². The highest BCUT2D eigenvalue weighted by atomic mass is 19.1. The van der Waals surface area contributed by atoms with Crippen molar-refractivity contribution in [2.75, 3.05) is 31.1 Å².